The molecule has 0 amide bonds. The molecule has 8 heteroatoms. The highest BCUT2D eigenvalue weighted by Gasteiger charge is 2.15. The van der Waals surface area contributed by atoms with E-state index in [1.165, 1.54) is 5.57 Å². The normalized spacial score (nSPS) is 14.8. The lowest BCUT2D eigenvalue weighted by Gasteiger charge is -2.28. The second-order valence-corrected chi connectivity index (χ2v) is 7.99. The van der Waals surface area contributed by atoms with Gasteiger partial charge in [0.1, 0.15) is 11.6 Å². The molecule has 0 bridgehead atoms. The molecule has 33 heavy (non-hydrogen) atoms. The summed E-state index contributed by atoms with van der Waals surface area (Å²) in [5, 5.41) is 5.32. The molecule has 1 aliphatic heterocycles. The number of nitrogens with zero attached hydrogens (tertiary/aromatic N) is 5. The summed E-state index contributed by atoms with van der Waals surface area (Å²) in [6.07, 6.45) is 11.0. The van der Waals surface area contributed by atoms with E-state index in [4.69, 9.17) is 10.7 Å². The van der Waals surface area contributed by atoms with Gasteiger partial charge in [-0.05, 0) is 47.9 Å². The zero-order valence-electron chi connectivity index (χ0n) is 19.2. The highest BCUT2D eigenvalue weighted by atomic mass is 15.5. The fourth-order valence-electron chi connectivity index (χ4n) is 3.57. The lowest BCUT2D eigenvalue weighted by Crippen LogP contribution is -2.36. The summed E-state index contributed by atoms with van der Waals surface area (Å²) >= 11 is 0. The smallest absolute Gasteiger partial charge is 0.132 e. The number of pyridine rings is 3. The fraction of sp³-hybridized carbons (Fsp3) is 0.200. The molecule has 3 aromatic rings. The molecule has 8 nitrogen and oxygen atoms in total. The van der Waals surface area contributed by atoms with E-state index in [9.17, 15) is 0 Å². The number of nitrogens with one attached hydrogen (secondary N) is 2. The summed E-state index contributed by atoms with van der Waals surface area (Å²) in [5.74, 6) is 2.05. The van der Waals surface area contributed by atoms with E-state index in [0.717, 1.165) is 45.1 Å². The molecule has 0 unspecified atom stereocenters. The minimum absolute atomic E-state index is 0.412. The van der Waals surface area contributed by atoms with E-state index in [2.05, 4.69) is 45.6 Å². The topological polar surface area (TPSA) is 104 Å². The molecule has 168 valence electrons. The van der Waals surface area contributed by atoms with Crippen LogP contribution in [0.15, 0.2) is 83.8 Å². The fourth-order valence-corrected chi connectivity index (χ4v) is 3.57. The van der Waals surface area contributed by atoms with Gasteiger partial charge >= 0.3 is 0 Å². The Bertz CT molecular complexity index is 1270. The Hall–Kier alpha value is -4.20. The first-order chi connectivity index (χ1) is 16.0. The number of hydrazine groups is 1. The lowest BCUT2D eigenvalue weighted by atomic mass is 9.98. The van der Waals surface area contributed by atoms with Crippen molar-refractivity contribution in [3.05, 3.63) is 89.9 Å². The Morgan fingerprint density at radius 2 is 2.03 bits per heavy atom. The molecule has 0 saturated carbocycles. The Balaban J connectivity index is 1.67. The van der Waals surface area contributed by atoms with Crippen molar-refractivity contribution in [1.29, 1.82) is 0 Å². The highest BCUT2D eigenvalue weighted by Crippen LogP contribution is 2.24. The molecular weight excluding hydrogens is 412 g/mol. The van der Waals surface area contributed by atoms with Crippen LogP contribution in [-0.2, 0) is 0 Å². The van der Waals surface area contributed by atoms with Gasteiger partial charge in [0.2, 0.25) is 0 Å². The Labute approximate surface area is 193 Å². The number of allylic oxidation sites excluding steroid dienone is 3. The minimum atomic E-state index is 0.412. The zero-order chi connectivity index (χ0) is 23.4. The van der Waals surface area contributed by atoms with Crippen LogP contribution >= 0.6 is 0 Å². The summed E-state index contributed by atoms with van der Waals surface area (Å²) in [4.78, 5) is 18.0. The van der Waals surface area contributed by atoms with Crippen LogP contribution in [-0.4, -0.2) is 39.8 Å². The monoisotopic (exact) mass is 440 g/mol. The van der Waals surface area contributed by atoms with Gasteiger partial charge in [-0.2, -0.15) is 0 Å². The van der Waals surface area contributed by atoms with Gasteiger partial charge in [-0.3, -0.25) is 20.0 Å². The third kappa shape index (κ3) is 4.69. The average molecular weight is 441 g/mol. The van der Waals surface area contributed by atoms with Crippen LogP contribution in [0.3, 0.4) is 0 Å². The Kier molecular flexibility index (Phi) is 6.35. The first-order valence-corrected chi connectivity index (χ1v) is 10.8. The number of fused-ring (bicyclic) bond motifs is 1. The Morgan fingerprint density at radius 3 is 2.73 bits per heavy atom. The minimum Gasteiger partial charge on any atom is -0.404 e. The predicted octanol–water partition coefficient (Wildman–Crippen LogP) is 3.69. The summed E-state index contributed by atoms with van der Waals surface area (Å²) in [6.45, 7) is 4.33. The maximum absolute atomic E-state index is 6.02. The highest BCUT2D eigenvalue weighted by molar-refractivity contribution is 6.31. The molecule has 4 rings (SSSR count). The summed E-state index contributed by atoms with van der Waals surface area (Å²) in [7, 11) is 3.69. The van der Waals surface area contributed by atoms with Crippen LogP contribution in [0.5, 0.6) is 0 Å². The third-order valence-electron chi connectivity index (χ3n) is 5.44. The number of aliphatic imine (C=N–C) groups is 1. The number of aromatic nitrogens is 3. The van der Waals surface area contributed by atoms with E-state index in [1.54, 1.807) is 31.8 Å². The van der Waals surface area contributed by atoms with E-state index < -0.39 is 0 Å². The summed E-state index contributed by atoms with van der Waals surface area (Å²) in [5.41, 5.74) is 15.3. The van der Waals surface area contributed by atoms with E-state index in [1.807, 2.05) is 48.6 Å². The van der Waals surface area contributed by atoms with Gasteiger partial charge in [0.25, 0.3) is 0 Å². The van der Waals surface area contributed by atoms with Crippen molar-refractivity contribution < 1.29 is 0 Å². The van der Waals surface area contributed by atoms with E-state index in [0.29, 0.717) is 5.92 Å². The number of hydrogen-bond acceptors (Lipinski definition) is 8. The van der Waals surface area contributed by atoms with Crippen molar-refractivity contribution in [1.82, 2.24) is 25.4 Å². The molecule has 4 N–H and O–H groups in total. The van der Waals surface area contributed by atoms with Gasteiger partial charge in [0.15, 0.2) is 0 Å². The van der Waals surface area contributed by atoms with Crippen LogP contribution in [0.25, 0.3) is 16.6 Å². The first kappa shape index (κ1) is 22.0. The largest absolute Gasteiger partial charge is 0.404 e. The molecule has 0 aromatic carbocycles. The standard InChI is InChI=1S/C25H28N8/c1-16(2)18-11-24(33(4)30-15-18)32-23-8-7-21-22(31-23)10-19(14-29-21)20(12-26)25(27-3)17-6-5-9-28-13-17/h5-16,30H,26H2,1-4H3,(H,31,32). The summed E-state index contributed by atoms with van der Waals surface area (Å²) in [6, 6.07) is 9.68. The molecule has 4 heterocycles. The van der Waals surface area contributed by atoms with Gasteiger partial charge in [-0.1, -0.05) is 13.8 Å². The molecule has 0 spiro atoms. The number of nitrogens with two attached hydrogens (primary N) is 1. The molecule has 1 aliphatic rings. The van der Waals surface area contributed by atoms with Crippen LogP contribution in [0.1, 0.15) is 25.0 Å². The molecule has 0 saturated heterocycles. The molecule has 0 aliphatic carbocycles. The SMILES string of the molecule is CN=C(C(=CN)c1cnc2ccc(NC3=CC(C(C)C)=CNN3C)nc2c1)c1cccnc1. The first-order valence-electron chi connectivity index (χ1n) is 10.8. The van der Waals surface area contributed by atoms with Gasteiger partial charge in [0.05, 0.1) is 16.7 Å². The zero-order valence-corrected chi connectivity index (χ0v) is 19.2. The second-order valence-electron chi connectivity index (χ2n) is 7.99. The second kappa shape index (κ2) is 9.52. The van der Waals surface area contributed by atoms with Crippen LogP contribution < -0.4 is 16.5 Å². The van der Waals surface area contributed by atoms with Crippen LogP contribution in [0.4, 0.5) is 5.82 Å². The van der Waals surface area contributed by atoms with Crippen molar-refractivity contribution in [2.24, 2.45) is 16.6 Å². The van der Waals surface area contributed by atoms with Gasteiger partial charge < -0.3 is 16.5 Å². The molecule has 0 fully saturated rings. The van der Waals surface area contributed by atoms with Crippen LogP contribution in [0, 0.1) is 5.92 Å². The Morgan fingerprint density at radius 1 is 1.18 bits per heavy atom. The molecule has 0 radical (unpaired) electrons. The molecular formula is C25H28N8. The maximum Gasteiger partial charge on any atom is 0.132 e. The quantitative estimate of drug-likeness (QED) is 0.502. The van der Waals surface area contributed by atoms with Gasteiger partial charge in [-0.15, -0.1) is 0 Å². The molecule has 0 atom stereocenters. The van der Waals surface area contributed by atoms with Crippen molar-refractivity contribution in [3.63, 3.8) is 0 Å². The lowest BCUT2D eigenvalue weighted by molar-refractivity contribution is 0.346. The predicted molar refractivity (Wildman–Crippen MR) is 134 cm³/mol. The maximum atomic E-state index is 6.02. The van der Waals surface area contributed by atoms with Crippen LogP contribution in [0.2, 0.25) is 0 Å². The van der Waals surface area contributed by atoms with Crippen molar-refractivity contribution in [3.8, 4) is 0 Å². The van der Waals surface area contributed by atoms with E-state index in [-0.39, 0.29) is 0 Å². The van der Waals surface area contributed by atoms with Crippen molar-refractivity contribution in [2.45, 2.75) is 13.8 Å². The number of rotatable bonds is 6. The third-order valence-corrected chi connectivity index (χ3v) is 5.44. The number of hydrogen-bond donors (Lipinski definition) is 3. The van der Waals surface area contributed by atoms with E-state index >= 15 is 0 Å². The average Bonchev–Trinajstić information content (AvgIpc) is 2.83. The molecule has 3 aromatic heterocycles. The van der Waals surface area contributed by atoms with Crippen molar-refractivity contribution in [2.75, 3.05) is 19.4 Å². The summed E-state index contributed by atoms with van der Waals surface area (Å²) < 4.78 is 0. The van der Waals surface area contributed by atoms with Crippen molar-refractivity contribution >= 4 is 28.1 Å². The van der Waals surface area contributed by atoms with Gasteiger partial charge in [-0.25, -0.2) is 4.98 Å². The number of anilines is 1. The van der Waals surface area contributed by atoms with Gasteiger partial charge in [0, 0.05) is 61.8 Å².